The summed E-state index contributed by atoms with van der Waals surface area (Å²) in [6.07, 6.45) is 0. The van der Waals surface area contributed by atoms with Crippen LogP contribution in [0.1, 0.15) is 25.1 Å². The number of carbonyl (C=O) groups excluding carboxylic acids is 1. The van der Waals surface area contributed by atoms with E-state index >= 15 is 0 Å². The van der Waals surface area contributed by atoms with Crippen LogP contribution in [0.15, 0.2) is 12.1 Å². The molecule has 5 nitrogen and oxygen atoms in total. The molecule has 0 bridgehead atoms. The van der Waals surface area contributed by atoms with Gasteiger partial charge in [0.1, 0.15) is 5.82 Å². The summed E-state index contributed by atoms with van der Waals surface area (Å²) in [5.74, 6) is -1.81. The van der Waals surface area contributed by atoms with Crippen molar-refractivity contribution < 1.29 is 14.7 Å². The van der Waals surface area contributed by atoms with E-state index < -0.39 is 23.2 Å². The van der Waals surface area contributed by atoms with E-state index in [2.05, 4.69) is 10.3 Å². The van der Waals surface area contributed by atoms with Gasteiger partial charge in [-0.2, -0.15) is 0 Å². The van der Waals surface area contributed by atoms with Crippen molar-refractivity contribution in [2.45, 2.75) is 27.7 Å². The molecule has 102 valence electrons. The van der Waals surface area contributed by atoms with Crippen molar-refractivity contribution in [3.8, 4) is 0 Å². The fourth-order valence-corrected chi connectivity index (χ4v) is 2.70. The van der Waals surface area contributed by atoms with Gasteiger partial charge >= 0.3 is 5.97 Å². The van der Waals surface area contributed by atoms with Crippen molar-refractivity contribution >= 4 is 17.7 Å². The highest BCUT2D eigenvalue weighted by molar-refractivity contribution is 5.99. The SMILES string of the molecule is Cc1cc(C)nc(NC(=O)C2C(C(=O)O)C2(C)C)c1. The molecule has 2 N–H and O–H groups in total. The number of hydrogen-bond donors (Lipinski definition) is 2. The molecule has 1 heterocycles. The number of aryl methyl sites for hydroxylation is 2. The third-order valence-corrected chi connectivity index (χ3v) is 3.72. The van der Waals surface area contributed by atoms with Crippen molar-refractivity contribution in [3.05, 3.63) is 23.4 Å². The fraction of sp³-hybridized carbons (Fsp3) is 0.500. The third-order valence-electron chi connectivity index (χ3n) is 3.72. The molecule has 19 heavy (non-hydrogen) atoms. The standard InChI is InChI=1S/C14H18N2O3/c1-7-5-8(2)15-9(6-7)16-12(17)10-11(13(18)19)14(10,3)4/h5-6,10-11H,1-4H3,(H,18,19)(H,15,16,17). The van der Waals surface area contributed by atoms with Gasteiger partial charge in [0, 0.05) is 5.69 Å². The summed E-state index contributed by atoms with van der Waals surface area (Å²) in [6, 6.07) is 3.69. The average molecular weight is 262 g/mol. The van der Waals surface area contributed by atoms with E-state index in [0.29, 0.717) is 5.82 Å². The van der Waals surface area contributed by atoms with E-state index in [1.807, 2.05) is 19.9 Å². The first-order chi connectivity index (χ1) is 8.73. The fourth-order valence-electron chi connectivity index (χ4n) is 2.70. The van der Waals surface area contributed by atoms with Crippen LogP contribution < -0.4 is 5.32 Å². The number of pyridine rings is 1. The van der Waals surface area contributed by atoms with Crippen LogP contribution in [0.2, 0.25) is 0 Å². The van der Waals surface area contributed by atoms with Gasteiger partial charge < -0.3 is 10.4 Å². The Balaban J connectivity index is 2.13. The summed E-state index contributed by atoms with van der Waals surface area (Å²) in [4.78, 5) is 27.4. The molecule has 0 radical (unpaired) electrons. The monoisotopic (exact) mass is 262 g/mol. The number of aliphatic carboxylic acids is 1. The lowest BCUT2D eigenvalue weighted by Crippen LogP contribution is -2.18. The Hall–Kier alpha value is -1.91. The van der Waals surface area contributed by atoms with Crippen LogP contribution in [0.25, 0.3) is 0 Å². The van der Waals surface area contributed by atoms with Crippen molar-refractivity contribution in [1.29, 1.82) is 0 Å². The summed E-state index contributed by atoms with van der Waals surface area (Å²) in [5.41, 5.74) is 1.34. The number of carbonyl (C=O) groups is 2. The molecule has 0 aliphatic heterocycles. The van der Waals surface area contributed by atoms with Gasteiger partial charge in [0.05, 0.1) is 11.8 Å². The molecule has 5 heteroatoms. The van der Waals surface area contributed by atoms with Gasteiger partial charge in [0.15, 0.2) is 0 Å². The van der Waals surface area contributed by atoms with Gasteiger partial charge in [-0.05, 0) is 37.0 Å². The minimum atomic E-state index is -0.918. The number of carboxylic acids is 1. The summed E-state index contributed by atoms with van der Waals surface area (Å²) >= 11 is 0. The van der Waals surface area contributed by atoms with Crippen LogP contribution in [0.5, 0.6) is 0 Å². The Morgan fingerprint density at radius 1 is 1.26 bits per heavy atom. The molecule has 0 saturated heterocycles. The van der Waals surface area contributed by atoms with Crippen LogP contribution >= 0.6 is 0 Å². The number of carboxylic acid groups (broad SMARTS) is 1. The second-order valence-electron chi connectivity index (χ2n) is 5.78. The third kappa shape index (κ3) is 2.45. The van der Waals surface area contributed by atoms with Crippen molar-refractivity contribution in [2.75, 3.05) is 5.32 Å². The Morgan fingerprint density at radius 2 is 1.89 bits per heavy atom. The zero-order valence-electron chi connectivity index (χ0n) is 11.5. The number of nitrogens with one attached hydrogen (secondary N) is 1. The lowest BCUT2D eigenvalue weighted by molar-refractivity contribution is -0.140. The van der Waals surface area contributed by atoms with E-state index in [1.54, 1.807) is 19.9 Å². The molecule has 2 rings (SSSR count). The Labute approximate surface area is 112 Å². The first kappa shape index (κ1) is 13.5. The average Bonchev–Trinajstić information content (AvgIpc) is 2.80. The lowest BCUT2D eigenvalue weighted by atomic mass is 10.1. The molecule has 1 aliphatic rings. The highest BCUT2D eigenvalue weighted by atomic mass is 16.4. The molecule has 1 aromatic rings. The largest absolute Gasteiger partial charge is 0.481 e. The number of hydrogen-bond acceptors (Lipinski definition) is 3. The van der Waals surface area contributed by atoms with Gasteiger partial charge in [0.25, 0.3) is 0 Å². The summed E-state index contributed by atoms with van der Waals surface area (Å²) in [5, 5.41) is 11.8. The maximum atomic E-state index is 12.1. The molecule has 2 unspecified atom stereocenters. The van der Waals surface area contributed by atoms with Crippen molar-refractivity contribution in [1.82, 2.24) is 4.98 Å². The smallest absolute Gasteiger partial charge is 0.307 e. The first-order valence-corrected chi connectivity index (χ1v) is 6.22. The first-order valence-electron chi connectivity index (χ1n) is 6.22. The number of anilines is 1. The summed E-state index contributed by atoms with van der Waals surface area (Å²) in [7, 11) is 0. The maximum absolute atomic E-state index is 12.1. The van der Waals surface area contributed by atoms with E-state index in [9.17, 15) is 9.59 Å². The normalized spacial score (nSPS) is 23.8. The molecule has 1 aliphatic carbocycles. The van der Waals surface area contributed by atoms with Crippen molar-refractivity contribution in [3.63, 3.8) is 0 Å². The zero-order valence-corrected chi connectivity index (χ0v) is 11.5. The van der Waals surface area contributed by atoms with Crippen molar-refractivity contribution in [2.24, 2.45) is 17.3 Å². The Bertz CT molecular complexity index is 531. The molecular weight excluding hydrogens is 244 g/mol. The molecule has 0 spiro atoms. The van der Waals surface area contributed by atoms with Crippen LogP contribution in [-0.2, 0) is 9.59 Å². The summed E-state index contributed by atoms with van der Waals surface area (Å²) in [6.45, 7) is 7.37. The molecule has 1 saturated carbocycles. The Kier molecular flexibility index (Phi) is 3.08. The Morgan fingerprint density at radius 3 is 2.37 bits per heavy atom. The number of nitrogens with zero attached hydrogens (tertiary/aromatic N) is 1. The number of aromatic nitrogens is 1. The second-order valence-corrected chi connectivity index (χ2v) is 5.78. The number of rotatable bonds is 3. The molecule has 1 aromatic heterocycles. The molecular formula is C14H18N2O3. The minimum Gasteiger partial charge on any atom is -0.481 e. The van der Waals surface area contributed by atoms with E-state index in [4.69, 9.17) is 5.11 Å². The van der Waals surface area contributed by atoms with Crippen LogP contribution in [0.4, 0.5) is 5.82 Å². The quantitative estimate of drug-likeness (QED) is 0.873. The number of amides is 1. The topological polar surface area (TPSA) is 79.3 Å². The summed E-state index contributed by atoms with van der Waals surface area (Å²) < 4.78 is 0. The van der Waals surface area contributed by atoms with E-state index in [1.165, 1.54) is 0 Å². The predicted molar refractivity (Wildman–Crippen MR) is 70.7 cm³/mol. The molecule has 2 atom stereocenters. The highest BCUT2D eigenvalue weighted by Gasteiger charge is 2.65. The molecule has 0 aromatic carbocycles. The van der Waals surface area contributed by atoms with Crippen LogP contribution in [0.3, 0.4) is 0 Å². The minimum absolute atomic E-state index is 0.269. The molecule has 1 amide bonds. The van der Waals surface area contributed by atoms with Gasteiger partial charge in [0.2, 0.25) is 5.91 Å². The van der Waals surface area contributed by atoms with Gasteiger partial charge in [-0.3, -0.25) is 9.59 Å². The van der Waals surface area contributed by atoms with Crippen LogP contribution in [0, 0.1) is 31.1 Å². The van der Waals surface area contributed by atoms with Crippen LogP contribution in [-0.4, -0.2) is 22.0 Å². The molecule has 1 fully saturated rings. The zero-order chi connectivity index (χ0) is 14.4. The van der Waals surface area contributed by atoms with E-state index in [-0.39, 0.29) is 5.91 Å². The lowest BCUT2D eigenvalue weighted by Gasteiger charge is -2.07. The van der Waals surface area contributed by atoms with Gasteiger partial charge in [-0.25, -0.2) is 4.98 Å². The maximum Gasteiger partial charge on any atom is 0.307 e. The second kappa shape index (κ2) is 4.33. The van der Waals surface area contributed by atoms with Gasteiger partial charge in [-0.1, -0.05) is 13.8 Å². The van der Waals surface area contributed by atoms with Gasteiger partial charge in [-0.15, -0.1) is 0 Å². The van der Waals surface area contributed by atoms with E-state index in [0.717, 1.165) is 11.3 Å². The predicted octanol–water partition coefficient (Wildman–Crippen LogP) is 1.99. The highest BCUT2D eigenvalue weighted by Crippen LogP contribution is 2.58.